The number of benzene rings is 4. The average Bonchev–Trinajstić information content (AvgIpc) is 3.78. The van der Waals surface area contributed by atoms with Crippen LogP contribution in [0.4, 0.5) is 9.52 Å². The summed E-state index contributed by atoms with van der Waals surface area (Å²) in [6.45, 7) is 11.6. The number of amides is 2. The van der Waals surface area contributed by atoms with Gasteiger partial charge in [-0.3, -0.25) is 9.59 Å². The molecule has 2 amide bonds. The summed E-state index contributed by atoms with van der Waals surface area (Å²) in [5.41, 5.74) is 4.24. The van der Waals surface area contributed by atoms with Crippen molar-refractivity contribution in [1.29, 1.82) is 0 Å². The van der Waals surface area contributed by atoms with Gasteiger partial charge in [0.2, 0.25) is 11.8 Å². The number of nitrogens with zero attached hydrogens (tertiary/aromatic N) is 1. The number of anilines is 1. The van der Waals surface area contributed by atoms with E-state index in [1.807, 2.05) is 38.1 Å². The molecule has 1 aliphatic rings. The first-order chi connectivity index (χ1) is 30.9. The summed E-state index contributed by atoms with van der Waals surface area (Å²) in [6.07, 6.45) is 3.45. The van der Waals surface area contributed by atoms with Crippen molar-refractivity contribution >= 4 is 34.3 Å². The van der Waals surface area contributed by atoms with Gasteiger partial charge >= 0.3 is 5.97 Å². The topological polar surface area (TPSA) is 167 Å². The fourth-order valence-electron chi connectivity index (χ4n) is 7.44. The predicted octanol–water partition coefficient (Wildman–Crippen LogP) is 8.38. The number of carboxylic acid groups (broad SMARTS) is 1. The summed E-state index contributed by atoms with van der Waals surface area (Å²) in [4.78, 5) is 41.3. The fourth-order valence-corrected chi connectivity index (χ4v) is 7.99. The molecule has 1 aromatic heterocycles. The SMILES string of the molecule is CC(C)Cc1ccc([C@H](C)C(=O)NCCOCCOCCOCCOc2cc3c(cc2Oc2ccc(-c4ccc(C(=O)O)cc4)c(F)c2)[C@@](C)(CC(=O)Nc2nccs2)NCC3)cc1. The second-order valence-corrected chi connectivity index (χ2v) is 17.1. The van der Waals surface area contributed by atoms with Crippen LogP contribution in [0.3, 0.4) is 0 Å². The highest BCUT2D eigenvalue weighted by Crippen LogP contribution is 2.42. The maximum Gasteiger partial charge on any atom is 0.335 e. The minimum Gasteiger partial charge on any atom is -0.487 e. The van der Waals surface area contributed by atoms with Crippen LogP contribution >= 0.6 is 11.3 Å². The van der Waals surface area contributed by atoms with E-state index < -0.39 is 17.3 Å². The number of rotatable bonds is 24. The lowest BCUT2D eigenvalue weighted by atomic mass is 9.81. The molecule has 4 N–H and O–H groups in total. The number of aromatic nitrogens is 1. The van der Waals surface area contributed by atoms with Crippen LogP contribution in [0.5, 0.6) is 17.2 Å². The average molecular weight is 897 g/mol. The van der Waals surface area contributed by atoms with Gasteiger partial charge in [-0.2, -0.15) is 0 Å². The summed E-state index contributed by atoms with van der Waals surface area (Å²) < 4.78 is 45.1. The lowest BCUT2D eigenvalue weighted by Crippen LogP contribution is -2.47. The summed E-state index contributed by atoms with van der Waals surface area (Å²) in [7, 11) is 0. The first-order valence-corrected chi connectivity index (χ1v) is 22.4. The van der Waals surface area contributed by atoms with Gasteiger partial charge in [0.1, 0.15) is 18.2 Å². The summed E-state index contributed by atoms with van der Waals surface area (Å²) >= 11 is 1.34. The molecule has 0 unspecified atom stereocenters. The number of hydrogen-bond acceptors (Lipinski definition) is 11. The van der Waals surface area contributed by atoms with Crippen molar-refractivity contribution in [2.75, 3.05) is 64.7 Å². The van der Waals surface area contributed by atoms with E-state index in [2.05, 4.69) is 46.9 Å². The van der Waals surface area contributed by atoms with Crippen LogP contribution in [0.15, 0.2) is 90.4 Å². The number of ether oxygens (including phenoxy) is 5. The molecule has 0 spiro atoms. The highest BCUT2D eigenvalue weighted by atomic mass is 32.1. The number of fused-ring (bicyclic) bond motifs is 1. The Morgan fingerprint density at radius 2 is 1.58 bits per heavy atom. The van der Waals surface area contributed by atoms with E-state index in [-0.39, 0.29) is 54.2 Å². The molecule has 1 aliphatic heterocycles. The number of halogens is 1. The van der Waals surface area contributed by atoms with Crippen LogP contribution in [-0.2, 0) is 42.2 Å². The molecule has 0 aliphatic carbocycles. The van der Waals surface area contributed by atoms with Gasteiger partial charge in [0.05, 0.1) is 51.1 Å². The number of carboxylic acids is 1. The Hall–Kier alpha value is -5.71. The molecule has 2 atom stereocenters. The lowest BCUT2D eigenvalue weighted by molar-refractivity contribution is -0.122. The summed E-state index contributed by atoms with van der Waals surface area (Å²) in [5, 5.41) is 20.9. The Morgan fingerprint density at radius 3 is 2.23 bits per heavy atom. The summed E-state index contributed by atoms with van der Waals surface area (Å²) in [6, 6.07) is 22.4. The number of hydrogen-bond donors (Lipinski definition) is 4. The Labute approximate surface area is 377 Å². The van der Waals surface area contributed by atoms with Crippen LogP contribution in [0.25, 0.3) is 11.1 Å². The van der Waals surface area contributed by atoms with Gasteiger partial charge < -0.3 is 44.7 Å². The van der Waals surface area contributed by atoms with E-state index in [1.165, 1.54) is 35.1 Å². The zero-order chi connectivity index (χ0) is 45.5. The van der Waals surface area contributed by atoms with Crippen molar-refractivity contribution in [1.82, 2.24) is 15.6 Å². The standard InChI is InChI=1S/C49H57FN4O9S/c1-32(2)27-34-5-7-35(8-6-34)33(3)46(56)51-17-19-59-20-21-60-22-23-61-24-25-62-43-28-38-15-16-53-49(4,31-45(55)54-48-52-18-26-64-48)41(38)30-44(43)63-39-13-14-40(42(50)29-39)36-9-11-37(12-10-36)47(57)58/h5-14,18,26,28-30,32-33,53H,15-17,19-25,27,31H2,1-4H3,(H,51,56)(H,57,58)(H,52,54,55)/t33-,49+/m0/s1. The van der Waals surface area contributed by atoms with Crippen molar-refractivity contribution < 1.29 is 47.6 Å². The Bertz CT molecular complexity index is 2310. The monoisotopic (exact) mass is 896 g/mol. The largest absolute Gasteiger partial charge is 0.487 e. The van der Waals surface area contributed by atoms with Crippen molar-refractivity contribution in [3.05, 3.63) is 124 Å². The quantitative estimate of drug-likeness (QED) is 0.0440. The third kappa shape index (κ3) is 13.6. The van der Waals surface area contributed by atoms with E-state index in [0.29, 0.717) is 80.7 Å². The molecule has 0 saturated carbocycles. The van der Waals surface area contributed by atoms with E-state index in [0.717, 1.165) is 23.1 Å². The third-order valence-corrected chi connectivity index (χ3v) is 11.5. The maximum atomic E-state index is 15.6. The molecule has 15 heteroatoms. The van der Waals surface area contributed by atoms with E-state index in [4.69, 9.17) is 23.7 Å². The van der Waals surface area contributed by atoms with Gasteiger partial charge in [-0.25, -0.2) is 14.2 Å². The van der Waals surface area contributed by atoms with E-state index in [1.54, 1.807) is 35.8 Å². The highest BCUT2D eigenvalue weighted by molar-refractivity contribution is 7.13. The molecule has 4 aromatic carbocycles. The van der Waals surface area contributed by atoms with Crippen molar-refractivity contribution in [3.8, 4) is 28.4 Å². The van der Waals surface area contributed by atoms with Crippen LogP contribution in [-0.4, -0.2) is 87.2 Å². The lowest BCUT2D eigenvalue weighted by Gasteiger charge is -2.37. The smallest absolute Gasteiger partial charge is 0.335 e. The highest BCUT2D eigenvalue weighted by Gasteiger charge is 2.35. The summed E-state index contributed by atoms with van der Waals surface area (Å²) in [5.74, 6) is -0.545. The molecular formula is C49H57FN4O9S. The van der Waals surface area contributed by atoms with Gasteiger partial charge in [0.25, 0.3) is 0 Å². The first-order valence-electron chi connectivity index (χ1n) is 21.5. The van der Waals surface area contributed by atoms with Crippen LogP contribution in [0, 0.1) is 11.7 Å². The maximum absolute atomic E-state index is 15.6. The zero-order valence-corrected chi connectivity index (χ0v) is 37.6. The Balaban J connectivity index is 0.977. The number of carbonyl (C=O) groups excluding carboxylic acids is 2. The van der Waals surface area contributed by atoms with Crippen molar-refractivity contribution in [2.24, 2.45) is 5.92 Å². The molecule has 13 nitrogen and oxygen atoms in total. The van der Waals surface area contributed by atoms with Crippen molar-refractivity contribution in [2.45, 2.75) is 58.4 Å². The van der Waals surface area contributed by atoms with Gasteiger partial charge in [0.15, 0.2) is 16.6 Å². The molecular weight excluding hydrogens is 840 g/mol. The van der Waals surface area contributed by atoms with E-state index >= 15 is 4.39 Å². The molecule has 6 rings (SSSR count). The van der Waals surface area contributed by atoms with Crippen LogP contribution in [0.1, 0.15) is 72.6 Å². The fraction of sp³-hybridized carbons (Fsp3) is 0.388. The van der Waals surface area contributed by atoms with Crippen LogP contribution < -0.4 is 25.4 Å². The second-order valence-electron chi connectivity index (χ2n) is 16.2. The molecule has 0 fully saturated rings. The van der Waals surface area contributed by atoms with Gasteiger partial charge in [-0.05, 0) is 96.8 Å². The first kappa shape index (κ1) is 47.8. The second kappa shape index (κ2) is 23.3. The number of thiazole rings is 1. The van der Waals surface area contributed by atoms with Crippen molar-refractivity contribution in [3.63, 3.8) is 0 Å². The number of carbonyl (C=O) groups is 3. The zero-order valence-electron chi connectivity index (χ0n) is 36.7. The molecule has 5 aromatic rings. The Morgan fingerprint density at radius 1 is 0.875 bits per heavy atom. The van der Waals surface area contributed by atoms with Gasteiger partial charge in [-0.15, -0.1) is 11.3 Å². The molecule has 0 bridgehead atoms. The van der Waals surface area contributed by atoms with E-state index in [9.17, 15) is 19.5 Å². The number of aromatic carboxylic acids is 1. The van der Waals surface area contributed by atoms with Gasteiger partial charge in [0, 0.05) is 48.3 Å². The molecule has 0 radical (unpaired) electrons. The minimum absolute atomic E-state index is 0.0386. The number of nitrogens with one attached hydrogen (secondary N) is 3. The van der Waals surface area contributed by atoms with Crippen LogP contribution in [0.2, 0.25) is 0 Å². The predicted molar refractivity (Wildman–Crippen MR) is 244 cm³/mol. The third-order valence-electron chi connectivity index (χ3n) is 10.8. The normalized spacial score (nSPS) is 15.0. The molecule has 340 valence electrons. The van der Waals surface area contributed by atoms with Gasteiger partial charge in [-0.1, -0.05) is 50.2 Å². The minimum atomic E-state index is -1.07. The molecule has 0 saturated heterocycles. The molecule has 2 heterocycles. The molecule has 64 heavy (non-hydrogen) atoms. The Kier molecular flexibility index (Phi) is 17.4.